The van der Waals surface area contributed by atoms with Crippen molar-refractivity contribution in [3.8, 4) is 0 Å². The van der Waals surface area contributed by atoms with E-state index < -0.39 is 10.8 Å². The van der Waals surface area contributed by atoms with E-state index in [1.165, 1.54) is 7.05 Å². The second kappa shape index (κ2) is 5.08. The minimum atomic E-state index is -0.659. The molecule has 0 aromatic heterocycles. The van der Waals surface area contributed by atoms with E-state index in [1.54, 1.807) is 0 Å². The van der Waals surface area contributed by atoms with Gasteiger partial charge < -0.3 is 5.73 Å². The highest BCUT2D eigenvalue weighted by Crippen LogP contribution is 2.29. The molecule has 1 heterocycles. The number of hydrogen-bond acceptors (Lipinski definition) is 2. The highest BCUT2D eigenvalue weighted by molar-refractivity contribution is 7.85. The molecular formula is C11H23NOS. The molecule has 0 aliphatic carbocycles. The van der Waals surface area contributed by atoms with E-state index in [9.17, 15) is 4.21 Å². The lowest BCUT2D eigenvalue weighted by Gasteiger charge is -2.17. The molecular weight excluding hydrogens is 194 g/mol. The van der Waals surface area contributed by atoms with Gasteiger partial charge in [0.2, 0.25) is 0 Å². The van der Waals surface area contributed by atoms with Crippen LogP contribution in [0.3, 0.4) is 0 Å². The summed E-state index contributed by atoms with van der Waals surface area (Å²) in [5, 5.41) is 0. The fourth-order valence-electron chi connectivity index (χ4n) is 1.43. The van der Waals surface area contributed by atoms with Crippen molar-refractivity contribution in [3.63, 3.8) is 0 Å². The van der Waals surface area contributed by atoms with Crippen LogP contribution >= 0.6 is 0 Å². The van der Waals surface area contributed by atoms with Gasteiger partial charge in [-0.2, -0.15) is 0 Å². The first-order chi connectivity index (χ1) is 6.31. The number of rotatable bonds is 0. The predicted molar refractivity (Wildman–Crippen MR) is 64.7 cm³/mol. The van der Waals surface area contributed by atoms with Gasteiger partial charge in [0.05, 0.1) is 0 Å². The summed E-state index contributed by atoms with van der Waals surface area (Å²) in [7, 11) is 0.841. The fourth-order valence-corrected chi connectivity index (χ4v) is 3.38. The predicted octanol–water partition coefficient (Wildman–Crippen LogP) is 1.93. The maximum Gasteiger partial charge on any atom is 0.0321 e. The number of hydrogen-bond donors (Lipinski definition) is 1. The van der Waals surface area contributed by atoms with Crippen molar-refractivity contribution in [1.82, 2.24) is 0 Å². The minimum Gasteiger partial charge on any atom is -0.333 e. The Hall–Kier alpha value is -0.150. The molecule has 0 atom stereocenters. The molecule has 0 saturated carbocycles. The monoisotopic (exact) mass is 217 g/mol. The molecule has 0 aromatic rings. The highest BCUT2D eigenvalue weighted by atomic mass is 32.2. The summed E-state index contributed by atoms with van der Waals surface area (Å²) in [6.45, 7) is 8.57. The zero-order valence-corrected chi connectivity index (χ0v) is 10.8. The average Bonchev–Trinajstić information content (AvgIpc) is 2.11. The Morgan fingerprint density at radius 2 is 1.29 bits per heavy atom. The van der Waals surface area contributed by atoms with Gasteiger partial charge in [0, 0.05) is 22.3 Å². The quantitative estimate of drug-likeness (QED) is 0.630. The van der Waals surface area contributed by atoms with Crippen molar-refractivity contribution >= 4 is 10.8 Å². The Balaban J connectivity index is 0.000000791. The third-order valence-electron chi connectivity index (χ3n) is 2.05. The van der Waals surface area contributed by atoms with Crippen LogP contribution in [-0.2, 0) is 10.8 Å². The smallest absolute Gasteiger partial charge is 0.0321 e. The average molecular weight is 217 g/mol. The molecule has 0 spiro atoms. The number of nitrogens with two attached hydrogens (primary N) is 1. The Kier molecular flexibility index (Phi) is 5.02. The molecule has 0 unspecified atom stereocenters. The topological polar surface area (TPSA) is 43.1 Å². The van der Waals surface area contributed by atoms with Crippen molar-refractivity contribution in [2.24, 2.45) is 16.6 Å². The van der Waals surface area contributed by atoms with Crippen LogP contribution in [0, 0.1) is 10.8 Å². The molecule has 14 heavy (non-hydrogen) atoms. The zero-order chi connectivity index (χ0) is 11.4. The van der Waals surface area contributed by atoms with Gasteiger partial charge in [0.25, 0.3) is 0 Å². The Morgan fingerprint density at radius 1 is 1.00 bits per heavy atom. The lowest BCUT2D eigenvalue weighted by Crippen LogP contribution is -2.21. The summed E-state index contributed by atoms with van der Waals surface area (Å²) in [4.78, 5) is 0. The molecule has 84 valence electrons. The van der Waals surface area contributed by atoms with Crippen LogP contribution < -0.4 is 5.73 Å². The molecule has 0 fully saturated rings. The third-order valence-corrected chi connectivity index (χ3v) is 4.18. The first-order valence-corrected chi connectivity index (χ1v) is 6.43. The minimum absolute atomic E-state index is 0.110. The van der Waals surface area contributed by atoms with Gasteiger partial charge in [0.1, 0.15) is 0 Å². The Bertz CT molecular complexity index is 209. The lowest BCUT2D eigenvalue weighted by molar-refractivity contribution is 0.531. The normalized spacial score (nSPS) is 24.7. The maximum atomic E-state index is 11.6. The van der Waals surface area contributed by atoms with Gasteiger partial charge in [0.15, 0.2) is 0 Å². The molecule has 1 aliphatic heterocycles. The first kappa shape index (κ1) is 13.8. The number of allylic oxidation sites excluding steroid dienone is 2. The van der Waals surface area contributed by atoms with E-state index >= 15 is 0 Å². The van der Waals surface area contributed by atoms with Gasteiger partial charge in [-0.25, -0.2) is 0 Å². The van der Waals surface area contributed by atoms with Crippen molar-refractivity contribution in [3.05, 3.63) is 12.2 Å². The molecule has 0 radical (unpaired) electrons. The Morgan fingerprint density at radius 3 is 1.57 bits per heavy atom. The largest absolute Gasteiger partial charge is 0.333 e. The summed E-state index contributed by atoms with van der Waals surface area (Å²) in [6, 6.07) is 0. The third kappa shape index (κ3) is 4.91. The summed E-state index contributed by atoms with van der Waals surface area (Å²) < 4.78 is 11.6. The van der Waals surface area contributed by atoms with Crippen LogP contribution in [0.25, 0.3) is 0 Å². The lowest BCUT2D eigenvalue weighted by atomic mass is 9.89. The maximum absolute atomic E-state index is 11.6. The van der Waals surface area contributed by atoms with Crippen LogP contribution in [0.15, 0.2) is 12.2 Å². The van der Waals surface area contributed by atoms with Crippen LogP contribution in [0.1, 0.15) is 27.7 Å². The summed E-state index contributed by atoms with van der Waals surface area (Å²) >= 11 is 0. The van der Waals surface area contributed by atoms with E-state index in [1.807, 2.05) is 0 Å². The van der Waals surface area contributed by atoms with Gasteiger partial charge in [-0.1, -0.05) is 39.8 Å². The molecule has 0 aromatic carbocycles. The van der Waals surface area contributed by atoms with E-state index in [0.717, 1.165) is 11.5 Å². The van der Waals surface area contributed by atoms with E-state index in [0.29, 0.717) is 0 Å². The van der Waals surface area contributed by atoms with Crippen molar-refractivity contribution in [2.45, 2.75) is 27.7 Å². The van der Waals surface area contributed by atoms with Crippen LogP contribution in [0.4, 0.5) is 0 Å². The van der Waals surface area contributed by atoms with E-state index in [2.05, 4.69) is 45.6 Å². The van der Waals surface area contributed by atoms with Gasteiger partial charge in [-0.15, -0.1) is 0 Å². The van der Waals surface area contributed by atoms with Gasteiger partial charge >= 0.3 is 0 Å². The van der Waals surface area contributed by atoms with Crippen molar-refractivity contribution in [1.29, 1.82) is 0 Å². The fraction of sp³-hybridized carbons (Fsp3) is 0.818. The summed E-state index contributed by atoms with van der Waals surface area (Å²) in [5.41, 5.74) is 4.72. The Labute approximate surface area is 90.4 Å². The van der Waals surface area contributed by atoms with Gasteiger partial charge in [-0.3, -0.25) is 4.21 Å². The molecule has 0 saturated heterocycles. The zero-order valence-electron chi connectivity index (χ0n) is 9.96. The van der Waals surface area contributed by atoms with E-state index in [-0.39, 0.29) is 10.8 Å². The van der Waals surface area contributed by atoms with E-state index in [4.69, 9.17) is 0 Å². The summed E-state index contributed by atoms with van der Waals surface area (Å²) in [6.07, 6.45) is 4.41. The van der Waals surface area contributed by atoms with Crippen molar-refractivity contribution < 1.29 is 4.21 Å². The molecule has 3 heteroatoms. The molecule has 2 nitrogen and oxygen atoms in total. The highest BCUT2D eigenvalue weighted by Gasteiger charge is 2.27. The molecule has 0 bridgehead atoms. The van der Waals surface area contributed by atoms with Crippen LogP contribution in [0.2, 0.25) is 0 Å². The second-order valence-corrected chi connectivity index (χ2v) is 6.50. The van der Waals surface area contributed by atoms with Crippen molar-refractivity contribution in [2.75, 3.05) is 18.6 Å². The molecule has 1 aliphatic rings. The molecule has 1 rings (SSSR count). The van der Waals surface area contributed by atoms with Crippen LogP contribution in [-0.4, -0.2) is 22.8 Å². The summed E-state index contributed by atoms with van der Waals surface area (Å²) in [5.74, 6) is 1.60. The van der Waals surface area contributed by atoms with Gasteiger partial charge in [-0.05, 0) is 17.9 Å². The second-order valence-electron chi connectivity index (χ2n) is 5.04. The first-order valence-electron chi connectivity index (χ1n) is 4.94. The molecule has 0 amide bonds. The standard InChI is InChI=1S/C10H18OS.CH5N/c1-9(2)5-6-10(3,4)8-12(11)7-9;1-2/h5-6H,7-8H2,1-4H3;2H2,1H3. The molecule has 2 N–H and O–H groups in total. The van der Waals surface area contributed by atoms with Crippen LogP contribution in [0.5, 0.6) is 0 Å². The SMILES string of the molecule is CC1(C)C=CC(C)(C)CS(=O)C1.CN.